The quantitative estimate of drug-likeness (QED) is 0.670. The SMILES string of the molecule is CC(C)(C)NCCOC1CCOC1. The summed E-state index contributed by atoms with van der Waals surface area (Å²) < 4.78 is 10.8. The van der Waals surface area contributed by atoms with Crippen LogP contribution in [0.15, 0.2) is 0 Å². The second-order valence-electron chi connectivity index (χ2n) is 4.53. The molecule has 3 nitrogen and oxygen atoms in total. The van der Waals surface area contributed by atoms with Gasteiger partial charge in [0.25, 0.3) is 0 Å². The van der Waals surface area contributed by atoms with Gasteiger partial charge in [0.2, 0.25) is 0 Å². The molecule has 0 aliphatic carbocycles. The van der Waals surface area contributed by atoms with Crippen LogP contribution in [-0.4, -0.2) is 38.0 Å². The van der Waals surface area contributed by atoms with Gasteiger partial charge in [-0.3, -0.25) is 0 Å². The summed E-state index contributed by atoms with van der Waals surface area (Å²) >= 11 is 0. The van der Waals surface area contributed by atoms with Crippen LogP contribution < -0.4 is 5.32 Å². The molecular formula is C10H21NO2. The van der Waals surface area contributed by atoms with Gasteiger partial charge in [-0.2, -0.15) is 0 Å². The second-order valence-corrected chi connectivity index (χ2v) is 4.53. The zero-order valence-corrected chi connectivity index (χ0v) is 8.93. The predicted molar refractivity (Wildman–Crippen MR) is 52.9 cm³/mol. The third kappa shape index (κ3) is 5.24. The summed E-state index contributed by atoms with van der Waals surface area (Å²) in [6.07, 6.45) is 1.39. The lowest BCUT2D eigenvalue weighted by molar-refractivity contribution is 0.0424. The Bertz CT molecular complexity index is 136. The van der Waals surface area contributed by atoms with Crippen molar-refractivity contribution < 1.29 is 9.47 Å². The van der Waals surface area contributed by atoms with Crippen LogP contribution in [0.5, 0.6) is 0 Å². The molecule has 1 heterocycles. The Balaban J connectivity index is 1.94. The van der Waals surface area contributed by atoms with Gasteiger partial charge in [-0.1, -0.05) is 0 Å². The molecule has 0 radical (unpaired) electrons. The monoisotopic (exact) mass is 187 g/mol. The molecule has 0 aromatic rings. The van der Waals surface area contributed by atoms with E-state index in [0.29, 0.717) is 6.10 Å². The van der Waals surface area contributed by atoms with Crippen LogP contribution in [0.3, 0.4) is 0 Å². The van der Waals surface area contributed by atoms with E-state index in [1.807, 2.05) is 0 Å². The van der Waals surface area contributed by atoms with Gasteiger partial charge < -0.3 is 14.8 Å². The number of rotatable bonds is 4. The Hall–Kier alpha value is -0.120. The zero-order chi connectivity index (χ0) is 9.73. The molecule has 1 unspecified atom stereocenters. The van der Waals surface area contributed by atoms with Gasteiger partial charge in [0.1, 0.15) is 0 Å². The molecule has 13 heavy (non-hydrogen) atoms. The Morgan fingerprint density at radius 1 is 1.46 bits per heavy atom. The standard InChI is InChI=1S/C10H21NO2/c1-10(2,3)11-5-7-13-9-4-6-12-8-9/h9,11H,4-8H2,1-3H3. The highest BCUT2D eigenvalue weighted by atomic mass is 16.5. The Morgan fingerprint density at radius 2 is 2.23 bits per heavy atom. The van der Waals surface area contributed by atoms with Gasteiger partial charge in [0.15, 0.2) is 0 Å². The highest BCUT2D eigenvalue weighted by molar-refractivity contribution is 4.70. The fourth-order valence-electron chi connectivity index (χ4n) is 1.30. The van der Waals surface area contributed by atoms with E-state index < -0.39 is 0 Å². The smallest absolute Gasteiger partial charge is 0.0831 e. The third-order valence-corrected chi connectivity index (χ3v) is 2.00. The minimum absolute atomic E-state index is 0.190. The Labute approximate surface area is 80.8 Å². The molecule has 0 amide bonds. The summed E-state index contributed by atoms with van der Waals surface area (Å²) in [4.78, 5) is 0. The van der Waals surface area contributed by atoms with Crippen LogP contribution in [0.2, 0.25) is 0 Å². The van der Waals surface area contributed by atoms with E-state index in [0.717, 1.165) is 32.8 Å². The summed E-state index contributed by atoms with van der Waals surface area (Å²) in [5, 5.41) is 3.38. The first kappa shape index (κ1) is 11.0. The molecule has 0 aromatic heterocycles. The van der Waals surface area contributed by atoms with Gasteiger partial charge >= 0.3 is 0 Å². The lowest BCUT2D eigenvalue weighted by Gasteiger charge is -2.21. The first-order chi connectivity index (χ1) is 6.08. The van der Waals surface area contributed by atoms with Crippen molar-refractivity contribution in [1.29, 1.82) is 0 Å². The summed E-state index contributed by atoms with van der Waals surface area (Å²) in [5.41, 5.74) is 0.190. The molecule has 1 aliphatic heterocycles. The molecule has 1 saturated heterocycles. The van der Waals surface area contributed by atoms with E-state index in [9.17, 15) is 0 Å². The van der Waals surface area contributed by atoms with E-state index in [1.165, 1.54) is 0 Å². The molecule has 1 aliphatic rings. The van der Waals surface area contributed by atoms with Crippen molar-refractivity contribution in [2.24, 2.45) is 0 Å². The maximum Gasteiger partial charge on any atom is 0.0831 e. The van der Waals surface area contributed by atoms with Crippen LogP contribution in [-0.2, 0) is 9.47 Å². The minimum atomic E-state index is 0.190. The summed E-state index contributed by atoms with van der Waals surface area (Å²) in [5.74, 6) is 0. The molecule has 0 spiro atoms. The Morgan fingerprint density at radius 3 is 2.77 bits per heavy atom. The van der Waals surface area contributed by atoms with E-state index in [-0.39, 0.29) is 5.54 Å². The molecule has 1 atom stereocenters. The van der Waals surface area contributed by atoms with Crippen LogP contribution in [0, 0.1) is 0 Å². The topological polar surface area (TPSA) is 30.5 Å². The van der Waals surface area contributed by atoms with Crippen molar-refractivity contribution >= 4 is 0 Å². The fourth-order valence-corrected chi connectivity index (χ4v) is 1.30. The average Bonchev–Trinajstić information content (AvgIpc) is 2.48. The van der Waals surface area contributed by atoms with Gasteiger partial charge in [-0.05, 0) is 27.2 Å². The van der Waals surface area contributed by atoms with Crippen LogP contribution in [0.1, 0.15) is 27.2 Å². The number of hydrogen-bond donors (Lipinski definition) is 1. The van der Waals surface area contributed by atoms with Gasteiger partial charge in [0, 0.05) is 18.7 Å². The van der Waals surface area contributed by atoms with Crippen molar-refractivity contribution in [3.63, 3.8) is 0 Å². The maximum atomic E-state index is 5.61. The second kappa shape index (κ2) is 4.94. The highest BCUT2D eigenvalue weighted by Gasteiger charge is 2.15. The van der Waals surface area contributed by atoms with E-state index >= 15 is 0 Å². The fraction of sp³-hybridized carbons (Fsp3) is 1.00. The summed E-state index contributed by atoms with van der Waals surface area (Å²) in [6.45, 7) is 9.81. The van der Waals surface area contributed by atoms with E-state index in [2.05, 4.69) is 26.1 Å². The van der Waals surface area contributed by atoms with Gasteiger partial charge in [0.05, 0.1) is 19.3 Å². The number of hydrogen-bond acceptors (Lipinski definition) is 3. The van der Waals surface area contributed by atoms with Crippen molar-refractivity contribution in [2.45, 2.75) is 38.8 Å². The Kier molecular flexibility index (Phi) is 4.16. The van der Waals surface area contributed by atoms with Crippen LogP contribution in [0.4, 0.5) is 0 Å². The van der Waals surface area contributed by atoms with Crippen molar-refractivity contribution in [3.8, 4) is 0 Å². The first-order valence-electron chi connectivity index (χ1n) is 5.02. The van der Waals surface area contributed by atoms with E-state index in [4.69, 9.17) is 9.47 Å². The molecule has 0 saturated carbocycles. The molecule has 1 rings (SSSR count). The molecule has 0 aromatic carbocycles. The summed E-state index contributed by atoms with van der Waals surface area (Å²) in [6, 6.07) is 0. The lowest BCUT2D eigenvalue weighted by atomic mass is 10.1. The largest absolute Gasteiger partial charge is 0.379 e. The van der Waals surface area contributed by atoms with Gasteiger partial charge in [-0.15, -0.1) is 0 Å². The van der Waals surface area contributed by atoms with Crippen molar-refractivity contribution in [2.75, 3.05) is 26.4 Å². The molecule has 78 valence electrons. The molecular weight excluding hydrogens is 166 g/mol. The zero-order valence-electron chi connectivity index (χ0n) is 8.93. The minimum Gasteiger partial charge on any atom is -0.379 e. The maximum absolute atomic E-state index is 5.61. The predicted octanol–water partition coefficient (Wildman–Crippen LogP) is 1.18. The molecule has 1 fully saturated rings. The normalized spacial score (nSPS) is 23.8. The highest BCUT2D eigenvalue weighted by Crippen LogP contribution is 2.07. The third-order valence-electron chi connectivity index (χ3n) is 2.00. The van der Waals surface area contributed by atoms with Crippen molar-refractivity contribution in [1.82, 2.24) is 5.32 Å². The van der Waals surface area contributed by atoms with Crippen LogP contribution >= 0.6 is 0 Å². The van der Waals surface area contributed by atoms with E-state index in [1.54, 1.807) is 0 Å². The molecule has 0 bridgehead atoms. The number of nitrogens with one attached hydrogen (secondary N) is 1. The molecule has 3 heteroatoms. The van der Waals surface area contributed by atoms with Gasteiger partial charge in [-0.25, -0.2) is 0 Å². The first-order valence-corrected chi connectivity index (χ1v) is 5.02. The average molecular weight is 187 g/mol. The number of ether oxygens (including phenoxy) is 2. The van der Waals surface area contributed by atoms with Crippen LogP contribution in [0.25, 0.3) is 0 Å². The summed E-state index contributed by atoms with van der Waals surface area (Å²) in [7, 11) is 0. The van der Waals surface area contributed by atoms with Crippen molar-refractivity contribution in [3.05, 3.63) is 0 Å². The molecule has 1 N–H and O–H groups in total. The lowest BCUT2D eigenvalue weighted by Crippen LogP contribution is -2.38.